The molecule has 1 N–H and O–H groups in total. The van der Waals surface area contributed by atoms with E-state index in [9.17, 15) is 14.4 Å². The molecular formula is C33H29N3O4. The van der Waals surface area contributed by atoms with Crippen molar-refractivity contribution in [1.29, 1.82) is 0 Å². The smallest absolute Gasteiger partial charge is 0.275 e. The van der Waals surface area contributed by atoms with E-state index in [1.807, 2.05) is 96.5 Å². The number of aromatic nitrogens is 2. The summed E-state index contributed by atoms with van der Waals surface area (Å²) in [6.45, 7) is 2.42. The molecule has 7 nitrogen and oxygen atoms in total. The Balaban J connectivity index is 1.14. The highest BCUT2D eigenvalue weighted by atomic mass is 16.5. The molecule has 0 saturated heterocycles. The molecule has 0 aliphatic heterocycles. The van der Waals surface area contributed by atoms with Crippen molar-refractivity contribution in [2.75, 3.05) is 13.2 Å². The molecule has 7 heteroatoms. The number of fused-ring (bicyclic) bond motifs is 1. The minimum absolute atomic E-state index is 0.0661. The Kier molecular flexibility index (Phi) is 8.02. The molecule has 0 aliphatic rings. The van der Waals surface area contributed by atoms with Crippen LogP contribution in [0, 0.1) is 6.92 Å². The van der Waals surface area contributed by atoms with Gasteiger partial charge in [0.2, 0.25) is 0 Å². The second-order valence-corrected chi connectivity index (χ2v) is 9.41. The van der Waals surface area contributed by atoms with Gasteiger partial charge in [-0.1, -0.05) is 78.4 Å². The number of amides is 1. The summed E-state index contributed by atoms with van der Waals surface area (Å²) >= 11 is 0. The third-order valence-electron chi connectivity index (χ3n) is 6.54. The second-order valence-electron chi connectivity index (χ2n) is 9.41. The third kappa shape index (κ3) is 6.27. The van der Waals surface area contributed by atoms with Crippen LogP contribution >= 0.6 is 0 Å². The van der Waals surface area contributed by atoms with Crippen LogP contribution in [0.3, 0.4) is 0 Å². The maximum Gasteiger partial charge on any atom is 0.275 e. The molecule has 0 atom stereocenters. The topological polar surface area (TPSA) is 81.8 Å². The number of hydrogen-bond acceptors (Lipinski definition) is 4. The fourth-order valence-electron chi connectivity index (χ4n) is 4.37. The van der Waals surface area contributed by atoms with Crippen molar-refractivity contribution in [3.8, 4) is 17.0 Å². The molecular weight excluding hydrogens is 502 g/mol. The molecule has 0 bridgehead atoms. The minimum atomic E-state index is -0.286. The Morgan fingerprint density at radius 3 is 2.40 bits per heavy atom. The number of hydrogen-bond donors (Lipinski definition) is 1. The maximum absolute atomic E-state index is 13.1. The van der Waals surface area contributed by atoms with Gasteiger partial charge in [-0.3, -0.25) is 14.4 Å². The number of rotatable bonds is 10. The summed E-state index contributed by atoms with van der Waals surface area (Å²) in [5, 5.41) is 2.83. The summed E-state index contributed by atoms with van der Waals surface area (Å²) in [6.07, 6.45) is 7.06. The summed E-state index contributed by atoms with van der Waals surface area (Å²) in [5.74, 6) is 0.188. The number of nitrogens with one attached hydrogen (secondary N) is 1. The first-order valence-electron chi connectivity index (χ1n) is 13.0. The first kappa shape index (κ1) is 26.4. The normalized spacial score (nSPS) is 11.1. The van der Waals surface area contributed by atoms with Gasteiger partial charge in [0.05, 0.1) is 5.69 Å². The van der Waals surface area contributed by atoms with E-state index >= 15 is 0 Å². The van der Waals surface area contributed by atoms with Crippen molar-refractivity contribution in [3.63, 3.8) is 0 Å². The molecule has 0 fully saturated rings. The van der Waals surface area contributed by atoms with Crippen LogP contribution in [0.25, 0.3) is 22.9 Å². The van der Waals surface area contributed by atoms with E-state index in [0.29, 0.717) is 23.4 Å². The van der Waals surface area contributed by atoms with Gasteiger partial charge in [0.1, 0.15) is 11.3 Å². The summed E-state index contributed by atoms with van der Waals surface area (Å²) in [4.78, 5) is 37.9. The highest BCUT2D eigenvalue weighted by Gasteiger charge is 2.12. The highest BCUT2D eigenvalue weighted by Crippen LogP contribution is 2.18. The van der Waals surface area contributed by atoms with Gasteiger partial charge in [0, 0.05) is 31.0 Å². The first-order chi connectivity index (χ1) is 19.5. The van der Waals surface area contributed by atoms with Crippen LogP contribution in [0.5, 0.6) is 5.75 Å². The molecule has 5 aromatic rings. The summed E-state index contributed by atoms with van der Waals surface area (Å²) in [5.41, 5.74) is 4.74. The number of aryl methyl sites for hydroxylation is 1. The molecule has 200 valence electrons. The van der Waals surface area contributed by atoms with Crippen LogP contribution < -0.4 is 15.6 Å². The SMILES string of the molecule is Cc1ccc(C(=O)/C=C/c2ccc(OCC(=O)NCCn3c(-c4ccccc4)cn4cccc4c3=O)cc2)cc1. The lowest BCUT2D eigenvalue weighted by Crippen LogP contribution is -2.34. The molecule has 0 aliphatic carbocycles. The van der Waals surface area contributed by atoms with Gasteiger partial charge >= 0.3 is 0 Å². The minimum Gasteiger partial charge on any atom is -0.484 e. The predicted octanol–water partition coefficient (Wildman–Crippen LogP) is 5.17. The molecule has 0 spiro atoms. The molecule has 1 amide bonds. The number of nitrogens with zero attached hydrogens (tertiary/aromatic N) is 2. The van der Waals surface area contributed by atoms with Crippen molar-refractivity contribution in [3.05, 3.63) is 137 Å². The zero-order valence-corrected chi connectivity index (χ0v) is 22.1. The highest BCUT2D eigenvalue weighted by molar-refractivity contribution is 6.06. The largest absolute Gasteiger partial charge is 0.484 e. The van der Waals surface area contributed by atoms with Crippen molar-refractivity contribution in [2.24, 2.45) is 0 Å². The van der Waals surface area contributed by atoms with Crippen molar-refractivity contribution < 1.29 is 14.3 Å². The van der Waals surface area contributed by atoms with Crippen LogP contribution in [0.4, 0.5) is 0 Å². The number of ether oxygens (including phenoxy) is 1. The number of benzene rings is 3. The van der Waals surface area contributed by atoms with Gasteiger partial charge in [0.15, 0.2) is 12.4 Å². The molecule has 0 radical (unpaired) electrons. The van der Waals surface area contributed by atoms with Gasteiger partial charge < -0.3 is 19.0 Å². The van der Waals surface area contributed by atoms with E-state index in [4.69, 9.17) is 4.74 Å². The van der Waals surface area contributed by atoms with E-state index in [1.54, 1.807) is 28.8 Å². The van der Waals surface area contributed by atoms with E-state index in [2.05, 4.69) is 5.32 Å². The molecule has 40 heavy (non-hydrogen) atoms. The molecule has 2 aromatic heterocycles. The van der Waals surface area contributed by atoms with Crippen LogP contribution in [0.2, 0.25) is 0 Å². The lowest BCUT2D eigenvalue weighted by Gasteiger charge is -2.15. The van der Waals surface area contributed by atoms with Crippen LogP contribution in [-0.4, -0.2) is 33.8 Å². The number of carbonyl (C=O) groups is 2. The van der Waals surface area contributed by atoms with Crippen LogP contribution in [-0.2, 0) is 11.3 Å². The average Bonchev–Trinajstić information content (AvgIpc) is 3.46. The monoisotopic (exact) mass is 531 g/mol. The van der Waals surface area contributed by atoms with Crippen molar-refractivity contribution in [1.82, 2.24) is 14.3 Å². The zero-order valence-electron chi connectivity index (χ0n) is 22.1. The number of allylic oxidation sites excluding steroid dienone is 1. The molecule has 0 saturated carbocycles. The Morgan fingerprint density at radius 1 is 0.900 bits per heavy atom. The van der Waals surface area contributed by atoms with Crippen LogP contribution in [0.15, 0.2) is 114 Å². The fourth-order valence-corrected chi connectivity index (χ4v) is 4.37. The Labute approximate surface area is 232 Å². The van der Waals surface area contributed by atoms with E-state index in [0.717, 1.165) is 22.4 Å². The number of ketones is 1. The third-order valence-corrected chi connectivity index (χ3v) is 6.54. The van der Waals surface area contributed by atoms with Crippen LogP contribution in [0.1, 0.15) is 21.5 Å². The standard InChI is InChI=1S/C33H29N3O4/c1-24-9-14-27(15-10-24)31(37)18-13-25-11-16-28(17-12-25)40-23-32(38)34-19-21-36-30(26-6-3-2-4-7-26)22-35-20-5-8-29(35)33(36)39/h2-18,20,22H,19,21,23H2,1H3,(H,34,38)/b18-13+. The molecule has 0 unspecified atom stereocenters. The molecule has 2 heterocycles. The zero-order chi connectivity index (χ0) is 27.9. The van der Waals surface area contributed by atoms with Gasteiger partial charge in [-0.25, -0.2) is 0 Å². The Bertz CT molecular complexity index is 1710. The van der Waals surface area contributed by atoms with Gasteiger partial charge in [-0.05, 0) is 48.4 Å². The summed E-state index contributed by atoms with van der Waals surface area (Å²) in [7, 11) is 0. The number of carbonyl (C=O) groups excluding carboxylic acids is 2. The predicted molar refractivity (Wildman–Crippen MR) is 157 cm³/mol. The van der Waals surface area contributed by atoms with E-state index < -0.39 is 0 Å². The quantitative estimate of drug-likeness (QED) is 0.199. The van der Waals surface area contributed by atoms with Gasteiger partial charge in [0.25, 0.3) is 11.5 Å². The van der Waals surface area contributed by atoms with Crippen molar-refractivity contribution >= 4 is 23.3 Å². The average molecular weight is 532 g/mol. The Hall–Kier alpha value is -5.17. The van der Waals surface area contributed by atoms with Gasteiger partial charge in [-0.2, -0.15) is 0 Å². The van der Waals surface area contributed by atoms with E-state index in [1.165, 1.54) is 6.08 Å². The lowest BCUT2D eigenvalue weighted by atomic mass is 10.1. The van der Waals surface area contributed by atoms with Crippen molar-refractivity contribution in [2.45, 2.75) is 13.5 Å². The lowest BCUT2D eigenvalue weighted by molar-refractivity contribution is -0.123. The first-order valence-corrected chi connectivity index (χ1v) is 13.0. The Morgan fingerprint density at radius 2 is 1.65 bits per heavy atom. The summed E-state index contributed by atoms with van der Waals surface area (Å²) < 4.78 is 9.12. The maximum atomic E-state index is 13.1. The van der Waals surface area contributed by atoms with E-state index in [-0.39, 0.29) is 30.4 Å². The molecule has 5 rings (SSSR count). The molecule has 3 aromatic carbocycles. The fraction of sp³-hybridized carbons (Fsp3) is 0.121. The van der Waals surface area contributed by atoms with Gasteiger partial charge in [-0.15, -0.1) is 0 Å². The summed E-state index contributed by atoms with van der Waals surface area (Å²) in [6, 6.07) is 27.9. The second kappa shape index (κ2) is 12.1.